The van der Waals surface area contributed by atoms with Crippen LogP contribution in [-0.4, -0.2) is 22.9 Å². The van der Waals surface area contributed by atoms with Gasteiger partial charge in [-0.25, -0.2) is 0 Å². The summed E-state index contributed by atoms with van der Waals surface area (Å²) in [7, 11) is 1.99. The van der Waals surface area contributed by atoms with E-state index >= 15 is 0 Å². The molecule has 2 heterocycles. The highest BCUT2D eigenvalue weighted by molar-refractivity contribution is 5.13. The van der Waals surface area contributed by atoms with Crippen molar-refractivity contribution in [3.63, 3.8) is 0 Å². The summed E-state index contributed by atoms with van der Waals surface area (Å²) in [6, 6.07) is 0. The van der Waals surface area contributed by atoms with Crippen LogP contribution in [0.25, 0.3) is 0 Å². The first-order chi connectivity index (χ1) is 6.81. The third kappa shape index (κ3) is 1.82. The van der Waals surface area contributed by atoms with Crippen LogP contribution in [-0.2, 0) is 7.05 Å². The minimum atomic E-state index is 0.718. The lowest BCUT2D eigenvalue weighted by Crippen LogP contribution is -2.34. The second kappa shape index (κ2) is 4.13. The van der Waals surface area contributed by atoms with Gasteiger partial charge < -0.3 is 5.32 Å². The molecule has 0 amide bonds. The van der Waals surface area contributed by atoms with Gasteiger partial charge in [0.15, 0.2) is 0 Å². The Bertz CT molecular complexity index is 292. The summed E-state index contributed by atoms with van der Waals surface area (Å²) in [6.45, 7) is 4.59. The van der Waals surface area contributed by atoms with E-state index in [-0.39, 0.29) is 0 Å². The van der Waals surface area contributed by atoms with Crippen LogP contribution in [0, 0.1) is 5.92 Å². The summed E-state index contributed by atoms with van der Waals surface area (Å²) in [6.07, 6.45) is 6.70. The van der Waals surface area contributed by atoms with Crippen molar-refractivity contribution in [2.45, 2.75) is 25.7 Å². The van der Waals surface area contributed by atoms with Crippen molar-refractivity contribution in [3.8, 4) is 0 Å². The number of aromatic nitrogens is 2. The lowest BCUT2D eigenvalue weighted by molar-refractivity contribution is 0.318. The first kappa shape index (κ1) is 9.71. The Labute approximate surface area is 85.5 Å². The molecule has 14 heavy (non-hydrogen) atoms. The highest BCUT2D eigenvalue weighted by Gasteiger charge is 2.25. The molecule has 0 spiro atoms. The fourth-order valence-electron chi connectivity index (χ4n) is 2.42. The van der Waals surface area contributed by atoms with Gasteiger partial charge in [0.2, 0.25) is 0 Å². The molecule has 0 aliphatic carbocycles. The Hall–Kier alpha value is -0.830. The molecule has 1 fully saturated rings. The Morgan fingerprint density at radius 1 is 1.64 bits per heavy atom. The van der Waals surface area contributed by atoms with Gasteiger partial charge in [-0.3, -0.25) is 4.68 Å². The summed E-state index contributed by atoms with van der Waals surface area (Å²) in [4.78, 5) is 0. The average Bonchev–Trinajstić information content (AvgIpc) is 2.65. The highest BCUT2D eigenvalue weighted by atomic mass is 15.2. The first-order valence-electron chi connectivity index (χ1n) is 5.50. The maximum absolute atomic E-state index is 4.26. The molecule has 1 aromatic heterocycles. The van der Waals surface area contributed by atoms with E-state index in [4.69, 9.17) is 0 Å². The van der Waals surface area contributed by atoms with Crippen LogP contribution >= 0.6 is 0 Å². The normalized spacial score (nSPS) is 27.9. The maximum Gasteiger partial charge on any atom is 0.0524 e. The van der Waals surface area contributed by atoms with Crippen molar-refractivity contribution < 1.29 is 0 Å². The van der Waals surface area contributed by atoms with E-state index in [2.05, 4.69) is 23.5 Å². The van der Waals surface area contributed by atoms with Crippen LogP contribution in [0.1, 0.15) is 31.2 Å². The number of hydrogen-bond donors (Lipinski definition) is 1. The summed E-state index contributed by atoms with van der Waals surface area (Å²) in [5, 5.41) is 7.72. The van der Waals surface area contributed by atoms with Crippen LogP contribution in [0.15, 0.2) is 12.4 Å². The molecule has 2 unspecified atom stereocenters. The topological polar surface area (TPSA) is 29.9 Å². The Balaban J connectivity index is 2.14. The van der Waals surface area contributed by atoms with Crippen LogP contribution in [0.5, 0.6) is 0 Å². The Morgan fingerprint density at radius 2 is 2.50 bits per heavy atom. The zero-order chi connectivity index (χ0) is 9.97. The van der Waals surface area contributed by atoms with Gasteiger partial charge in [-0.1, -0.05) is 13.3 Å². The minimum absolute atomic E-state index is 0.718. The molecule has 2 atom stereocenters. The van der Waals surface area contributed by atoms with Crippen LogP contribution < -0.4 is 5.32 Å². The molecule has 3 heteroatoms. The summed E-state index contributed by atoms with van der Waals surface area (Å²) in [5.41, 5.74) is 1.42. The molecule has 1 N–H and O–H groups in total. The predicted octanol–water partition coefficient (Wildman–Crippen LogP) is 1.52. The van der Waals surface area contributed by atoms with E-state index in [0.717, 1.165) is 24.9 Å². The molecule has 1 saturated heterocycles. The molecular weight excluding hydrogens is 174 g/mol. The van der Waals surface area contributed by atoms with Crippen LogP contribution in [0.4, 0.5) is 0 Å². The number of rotatable bonds is 2. The minimum Gasteiger partial charge on any atom is -0.316 e. The standard InChI is InChI=1S/C11H19N3/c1-3-9-6-12-5-4-11(9)10-7-13-14(2)8-10/h7-9,11-12H,3-6H2,1-2H3. The molecule has 1 aliphatic rings. The second-order valence-corrected chi connectivity index (χ2v) is 4.21. The predicted molar refractivity (Wildman–Crippen MR) is 57.2 cm³/mol. The third-order valence-electron chi connectivity index (χ3n) is 3.29. The zero-order valence-corrected chi connectivity index (χ0v) is 9.03. The number of aryl methyl sites for hydroxylation is 1. The van der Waals surface area contributed by atoms with Gasteiger partial charge in [0.1, 0.15) is 0 Å². The fourth-order valence-corrected chi connectivity index (χ4v) is 2.42. The molecule has 1 aromatic rings. The highest BCUT2D eigenvalue weighted by Crippen LogP contribution is 2.31. The van der Waals surface area contributed by atoms with Crippen LogP contribution in [0.2, 0.25) is 0 Å². The van der Waals surface area contributed by atoms with Crippen molar-refractivity contribution >= 4 is 0 Å². The van der Waals surface area contributed by atoms with Gasteiger partial charge in [0, 0.05) is 13.2 Å². The van der Waals surface area contributed by atoms with E-state index in [1.54, 1.807) is 0 Å². The largest absolute Gasteiger partial charge is 0.316 e. The quantitative estimate of drug-likeness (QED) is 0.772. The number of nitrogens with one attached hydrogen (secondary N) is 1. The molecule has 1 aliphatic heterocycles. The lowest BCUT2D eigenvalue weighted by Gasteiger charge is -2.30. The summed E-state index contributed by atoms with van der Waals surface area (Å²) >= 11 is 0. The van der Waals surface area contributed by atoms with Crippen molar-refractivity contribution in [3.05, 3.63) is 18.0 Å². The average molecular weight is 193 g/mol. The van der Waals surface area contributed by atoms with E-state index in [0.29, 0.717) is 0 Å². The Morgan fingerprint density at radius 3 is 3.14 bits per heavy atom. The van der Waals surface area contributed by atoms with E-state index < -0.39 is 0 Å². The van der Waals surface area contributed by atoms with Crippen molar-refractivity contribution in [2.75, 3.05) is 13.1 Å². The number of piperidine rings is 1. The molecule has 2 rings (SSSR count). The summed E-state index contributed by atoms with van der Waals surface area (Å²) in [5.74, 6) is 1.50. The van der Waals surface area contributed by atoms with Crippen molar-refractivity contribution in [1.29, 1.82) is 0 Å². The van der Waals surface area contributed by atoms with Crippen molar-refractivity contribution in [2.24, 2.45) is 13.0 Å². The molecule has 3 nitrogen and oxygen atoms in total. The summed E-state index contributed by atoms with van der Waals surface area (Å²) < 4.78 is 1.91. The van der Waals surface area contributed by atoms with Gasteiger partial charge in [-0.2, -0.15) is 5.10 Å². The molecule has 0 bridgehead atoms. The SMILES string of the molecule is CCC1CNCCC1c1cnn(C)c1. The maximum atomic E-state index is 4.26. The molecular formula is C11H19N3. The third-order valence-corrected chi connectivity index (χ3v) is 3.29. The second-order valence-electron chi connectivity index (χ2n) is 4.21. The first-order valence-corrected chi connectivity index (χ1v) is 5.50. The van der Waals surface area contributed by atoms with Gasteiger partial charge in [0.25, 0.3) is 0 Å². The number of nitrogens with zero attached hydrogens (tertiary/aromatic N) is 2. The van der Waals surface area contributed by atoms with E-state index in [1.807, 2.05) is 17.9 Å². The molecule has 78 valence electrons. The van der Waals surface area contributed by atoms with Gasteiger partial charge in [-0.05, 0) is 36.9 Å². The molecule has 0 radical (unpaired) electrons. The number of hydrogen-bond acceptors (Lipinski definition) is 2. The smallest absolute Gasteiger partial charge is 0.0524 e. The van der Waals surface area contributed by atoms with Gasteiger partial charge >= 0.3 is 0 Å². The molecule has 0 saturated carbocycles. The monoisotopic (exact) mass is 193 g/mol. The van der Waals surface area contributed by atoms with Gasteiger partial charge in [0.05, 0.1) is 6.20 Å². The lowest BCUT2D eigenvalue weighted by atomic mass is 9.81. The van der Waals surface area contributed by atoms with E-state index in [1.165, 1.54) is 18.4 Å². The van der Waals surface area contributed by atoms with Crippen LogP contribution in [0.3, 0.4) is 0 Å². The fraction of sp³-hybridized carbons (Fsp3) is 0.727. The van der Waals surface area contributed by atoms with E-state index in [9.17, 15) is 0 Å². The Kier molecular flexibility index (Phi) is 2.87. The zero-order valence-electron chi connectivity index (χ0n) is 9.03. The van der Waals surface area contributed by atoms with Crippen molar-refractivity contribution in [1.82, 2.24) is 15.1 Å². The molecule has 0 aromatic carbocycles. The van der Waals surface area contributed by atoms with Gasteiger partial charge in [-0.15, -0.1) is 0 Å².